The van der Waals surface area contributed by atoms with E-state index in [1.165, 1.54) is 23.5 Å². The van der Waals surface area contributed by atoms with Gasteiger partial charge in [0.1, 0.15) is 11.1 Å². The first-order valence-electron chi connectivity index (χ1n) is 7.97. The molecule has 0 radical (unpaired) electrons. The van der Waals surface area contributed by atoms with Crippen molar-refractivity contribution in [1.82, 2.24) is 0 Å². The molecular formula is C18H14Cl2N2O3S. The highest BCUT2D eigenvalue weighted by atomic mass is 35.5. The predicted octanol–water partition coefficient (Wildman–Crippen LogP) is 4.60. The third-order valence-electron chi connectivity index (χ3n) is 4.04. The Morgan fingerprint density at radius 2 is 1.92 bits per heavy atom. The molecule has 1 aromatic heterocycles. The molecule has 26 heavy (non-hydrogen) atoms. The van der Waals surface area contributed by atoms with Gasteiger partial charge in [0, 0.05) is 4.88 Å². The van der Waals surface area contributed by atoms with Crippen LogP contribution in [-0.4, -0.2) is 18.5 Å². The van der Waals surface area contributed by atoms with E-state index in [2.05, 4.69) is 11.4 Å². The van der Waals surface area contributed by atoms with E-state index in [4.69, 9.17) is 27.9 Å². The number of ether oxygens (including phenoxy) is 1. The number of nitrogens with zero attached hydrogens (tertiary/aromatic N) is 1. The predicted molar refractivity (Wildman–Crippen MR) is 101 cm³/mol. The monoisotopic (exact) mass is 408 g/mol. The zero-order valence-corrected chi connectivity index (χ0v) is 15.9. The molecule has 1 N–H and O–H groups in total. The number of fused-ring (bicyclic) bond motifs is 1. The number of nitriles is 1. The molecule has 134 valence electrons. The summed E-state index contributed by atoms with van der Waals surface area (Å²) in [6, 6.07) is 6.80. The summed E-state index contributed by atoms with van der Waals surface area (Å²) in [6.45, 7) is -0.492. The Kier molecular flexibility index (Phi) is 5.82. The van der Waals surface area contributed by atoms with E-state index in [1.54, 1.807) is 6.07 Å². The molecule has 0 aliphatic heterocycles. The lowest BCUT2D eigenvalue weighted by molar-refractivity contribution is -0.119. The average Bonchev–Trinajstić information content (AvgIpc) is 2.96. The fourth-order valence-electron chi connectivity index (χ4n) is 2.83. The van der Waals surface area contributed by atoms with Crippen molar-refractivity contribution >= 4 is 51.4 Å². The molecule has 1 aliphatic carbocycles. The minimum absolute atomic E-state index is 0.0212. The molecular weight excluding hydrogens is 395 g/mol. The SMILES string of the molecule is N#Cc1c(NC(=O)COC(=O)c2c(Cl)cccc2Cl)sc2c1CCCC2. The molecule has 0 unspecified atom stereocenters. The maximum Gasteiger partial charge on any atom is 0.341 e. The van der Waals surface area contributed by atoms with E-state index in [0.29, 0.717) is 10.6 Å². The number of rotatable bonds is 4. The van der Waals surface area contributed by atoms with Crippen LogP contribution in [0.1, 0.15) is 39.2 Å². The molecule has 5 nitrogen and oxygen atoms in total. The van der Waals surface area contributed by atoms with E-state index in [9.17, 15) is 14.9 Å². The number of carbonyl (C=O) groups is 2. The smallest absolute Gasteiger partial charge is 0.341 e. The van der Waals surface area contributed by atoms with Crippen LogP contribution in [-0.2, 0) is 22.4 Å². The molecule has 0 spiro atoms. The Labute approximate surface area is 164 Å². The zero-order chi connectivity index (χ0) is 18.7. The van der Waals surface area contributed by atoms with Gasteiger partial charge in [-0.15, -0.1) is 11.3 Å². The largest absolute Gasteiger partial charge is 0.452 e. The maximum absolute atomic E-state index is 12.1. The van der Waals surface area contributed by atoms with Crippen molar-refractivity contribution in [2.24, 2.45) is 0 Å². The van der Waals surface area contributed by atoms with Gasteiger partial charge >= 0.3 is 5.97 Å². The Hall–Kier alpha value is -2.07. The summed E-state index contributed by atoms with van der Waals surface area (Å²) in [4.78, 5) is 25.4. The highest BCUT2D eigenvalue weighted by Gasteiger charge is 2.22. The summed E-state index contributed by atoms with van der Waals surface area (Å²) in [7, 11) is 0. The molecule has 1 heterocycles. The van der Waals surface area contributed by atoms with Crippen molar-refractivity contribution in [3.8, 4) is 6.07 Å². The molecule has 1 amide bonds. The number of aryl methyl sites for hydroxylation is 1. The number of thiophene rings is 1. The van der Waals surface area contributed by atoms with Crippen LogP contribution in [0.3, 0.4) is 0 Å². The number of carbonyl (C=O) groups excluding carboxylic acids is 2. The Bertz CT molecular complexity index is 898. The van der Waals surface area contributed by atoms with Gasteiger partial charge < -0.3 is 10.1 Å². The number of anilines is 1. The number of nitrogens with one attached hydrogen (secondary N) is 1. The Morgan fingerprint density at radius 1 is 1.23 bits per heavy atom. The van der Waals surface area contributed by atoms with E-state index < -0.39 is 18.5 Å². The van der Waals surface area contributed by atoms with Gasteiger partial charge in [0.25, 0.3) is 5.91 Å². The third-order valence-corrected chi connectivity index (χ3v) is 5.87. The molecule has 3 rings (SSSR count). The maximum atomic E-state index is 12.1. The number of hydrogen-bond acceptors (Lipinski definition) is 5. The summed E-state index contributed by atoms with van der Waals surface area (Å²) in [5.74, 6) is -1.29. The van der Waals surface area contributed by atoms with Crippen LogP contribution in [0.5, 0.6) is 0 Å². The first kappa shape index (κ1) is 18.7. The lowest BCUT2D eigenvalue weighted by atomic mass is 9.96. The summed E-state index contributed by atoms with van der Waals surface area (Å²) in [5, 5.41) is 12.9. The molecule has 8 heteroatoms. The minimum Gasteiger partial charge on any atom is -0.452 e. The second-order valence-electron chi connectivity index (χ2n) is 5.75. The lowest BCUT2D eigenvalue weighted by Gasteiger charge is -2.09. The number of hydrogen-bond donors (Lipinski definition) is 1. The first-order chi connectivity index (χ1) is 12.5. The van der Waals surface area contributed by atoms with E-state index in [0.717, 1.165) is 36.1 Å². The van der Waals surface area contributed by atoms with Gasteiger partial charge in [-0.05, 0) is 43.4 Å². The standard InChI is InChI=1S/C18H14Cl2N2O3S/c19-12-5-3-6-13(20)16(12)18(24)25-9-15(23)22-17-11(8-21)10-4-1-2-7-14(10)26-17/h3,5-6H,1-2,4,7,9H2,(H,22,23). The zero-order valence-electron chi connectivity index (χ0n) is 13.6. The van der Waals surface area contributed by atoms with Gasteiger partial charge in [0.15, 0.2) is 6.61 Å². The molecule has 2 aromatic rings. The van der Waals surface area contributed by atoms with E-state index in [-0.39, 0.29) is 15.6 Å². The van der Waals surface area contributed by atoms with Crippen molar-refractivity contribution in [1.29, 1.82) is 5.26 Å². The molecule has 0 fully saturated rings. The minimum atomic E-state index is -0.776. The van der Waals surface area contributed by atoms with Crippen LogP contribution < -0.4 is 5.32 Å². The molecule has 1 aliphatic rings. The third kappa shape index (κ3) is 3.85. The van der Waals surface area contributed by atoms with E-state index in [1.807, 2.05) is 0 Å². The second-order valence-corrected chi connectivity index (χ2v) is 7.67. The summed E-state index contributed by atoms with van der Waals surface area (Å²) in [5.41, 5.74) is 1.56. The molecule has 0 saturated carbocycles. The van der Waals surface area contributed by atoms with Gasteiger partial charge in [-0.2, -0.15) is 5.26 Å². The summed E-state index contributed by atoms with van der Waals surface area (Å²) >= 11 is 13.3. The van der Waals surface area contributed by atoms with Gasteiger partial charge in [0.05, 0.1) is 21.2 Å². The van der Waals surface area contributed by atoms with Crippen LogP contribution in [0.4, 0.5) is 5.00 Å². The molecule has 0 saturated heterocycles. The number of benzene rings is 1. The van der Waals surface area contributed by atoms with Crippen molar-refractivity contribution in [2.45, 2.75) is 25.7 Å². The summed E-state index contributed by atoms with van der Waals surface area (Å²) < 4.78 is 5.00. The number of halogens is 2. The van der Waals surface area contributed by atoms with Gasteiger partial charge in [-0.25, -0.2) is 4.79 Å². The van der Waals surface area contributed by atoms with Crippen molar-refractivity contribution in [2.75, 3.05) is 11.9 Å². The molecule has 1 aromatic carbocycles. The topological polar surface area (TPSA) is 79.2 Å². The summed E-state index contributed by atoms with van der Waals surface area (Å²) in [6.07, 6.45) is 3.90. The highest BCUT2D eigenvalue weighted by Crippen LogP contribution is 2.37. The fourth-order valence-corrected chi connectivity index (χ4v) is 4.64. The van der Waals surface area contributed by atoms with Gasteiger partial charge in [0.2, 0.25) is 0 Å². The second kappa shape index (κ2) is 8.09. The van der Waals surface area contributed by atoms with Crippen LogP contribution in [0.2, 0.25) is 10.0 Å². The van der Waals surface area contributed by atoms with Gasteiger partial charge in [-0.3, -0.25) is 4.79 Å². The fraction of sp³-hybridized carbons (Fsp3) is 0.278. The van der Waals surface area contributed by atoms with Crippen molar-refractivity contribution < 1.29 is 14.3 Å². The number of esters is 1. The molecule has 0 atom stereocenters. The quantitative estimate of drug-likeness (QED) is 0.749. The van der Waals surface area contributed by atoms with Crippen LogP contribution in [0.25, 0.3) is 0 Å². The Balaban J connectivity index is 1.66. The average molecular weight is 409 g/mol. The highest BCUT2D eigenvalue weighted by molar-refractivity contribution is 7.16. The Morgan fingerprint density at radius 3 is 2.62 bits per heavy atom. The lowest BCUT2D eigenvalue weighted by Crippen LogP contribution is -2.21. The van der Waals surface area contributed by atoms with Crippen molar-refractivity contribution in [3.05, 3.63) is 49.8 Å². The number of amides is 1. The van der Waals surface area contributed by atoms with Gasteiger partial charge in [-0.1, -0.05) is 29.3 Å². The van der Waals surface area contributed by atoms with E-state index >= 15 is 0 Å². The van der Waals surface area contributed by atoms with Crippen LogP contribution in [0, 0.1) is 11.3 Å². The molecule has 0 bridgehead atoms. The van der Waals surface area contributed by atoms with Crippen LogP contribution >= 0.6 is 34.5 Å². The normalized spacial score (nSPS) is 12.8. The van der Waals surface area contributed by atoms with Crippen molar-refractivity contribution in [3.63, 3.8) is 0 Å². The first-order valence-corrected chi connectivity index (χ1v) is 9.54. The van der Waals surface area contributed by atoms with Crippen LogP contribution in [0.15, 0.2) is 18.2 Å².